The number of carbonyl (C=O) groups is 1. The van der Waals surface area contributed by atoms with Crippen molar-refractivity contribution in [3.63, 3.8) is 0 Å². The molecular weight excluding hydrogens is 378 g/mol. The molecular formula is C20H19N3O4S. The Bertz CT molecular complexity index is 987. The van der Waals surface area contributed by atoms with E-state index in [4.69, 9.17) is 14.2 Å². The second-order valence-electron chi connectivity index (χ2n) is 6.20. The molecule has 4 rings (SSSR count). The highest BCUT2D eigenvalue weighted by atomic mass is 32.2. The summed E-state index contributed by atoms with van der Waals surface area (Å²) in [6, 6.07) is 14.6. The van der Waals surface area contributed by atoms with Crippen LogP contribution in [0.15, 0.2) is 53.7 Å². The molecule has 1 aromatic heterocycles. The number of ether oxygens (including phenoxy) is 3. The van der Waals surface area contributed by atoms with Crippen LogP contribution in [-0.4, -0.2) is 40.0 Å². The summed E-state index contributed by atoms with van der Waals surface area (Å²) in [4.78, 5) is 12.4. The Labute approximate surface area is 166 Å². The van der Waals surface area contributed by atoms with Gasteiger partial charge in [-0.25, -0.2) is 0 Å². The lowest BCUT2D eigenvalue weighted by atomic mass is 10.1. The smallest absolute Gasteiger partial charge is 0.192 e. The highest BCUT2D eigenvalue weighted by Crippen LogP contribution is 2.35. The van der Waals surface area contributed by atoms with Crippen molar-refractivity contribution < 1.29 is 19.0 Å². The largest absolute Gasteiger partial charge is 0.497 e. The van der Waals surface area contributed by atoms with Gasteiger partial charge in [-0.15, -0.1) is 10.2 Å². The van der Waals surface area contributed by atoms with E-state index in [1.807, 2.05) is 35.9 Å². The topological polar surface area (TPSA) is 75.5 Å². The van der Waals surface area contributed by atoms with Crippen LogP contribution in [-0.2, 0) is 7.05 Å². The minimum Gasteiger partial charge on any atom is -0.497 e. The molecule has 2 aromatic carbocycles. The van der Waals surface area contributed by atoms with Gasteiger partial charge in [0.25, 0.3) is 0 Å². The lowest BCUT2D eigenvalue weighted by Crippen LogP contribution is -2.24. The Morgan fingerprint density at radius 2 is 1.93 bits per heavy atom. The molecule has 0 bridgehead atoms. The van der Waals surface area contributed by atoms with E-state index in [2.05, 4.69) is 10.2 Å². The quantitative estimate of drug-likeness (QED) is 0.467. The minimum absolute atomic E-state index is 0.0170. The van der Waals surface area contributed by atoms with Gasteiger partial charge in [0.1, 0.15) is 12.4 Å². The lowest BCUT2D eigenvalue weighted by molar-refractivity contribution is 0.0825. The monoisotopic (exact) mass is 397 g/mol. The van der Waals surface area contributed by atoms with Crippen LogP contribution in [0.1, 0.15) is 22.3 Å². The molecule has 0 amide bonds. The zero-order chi connectivity index (χ0) is 19.5. The predicted molar refractivity (Wildman–Crippen MR) is 104 cm³/mol. The van der Waals surface area contributed by atoms with E-state index in [-0.39, 0.29) is 17.6 Å². The van der Waals surface area contributed by atoms with Crippen LogP contribution in [0.3, 0.4) is 0 Å². The molecule has 2 heterocycles. The molecule has 0 radical (unpaired) electrons. The number of hydrogen-bond donors (Lipinski definition) is 0. The van der Waals surface area contributed by atoms with Crippen LogP contribution in [0.5, 0.6) is 17.2 Å². The number of aromatic nitrogens is 3. The molecule has 144 valence electrons. The average molecular weight is 397 g/mol. The van der Waals surface area contributed by atoms with Crippen molar-refractivity contribution in [3.05, 3.63) is 59.9 Å². The molecule has 1 unspecified atom stereocenters. The molecule has 0 fully saturated rings. The summed E-state index contributed by atoms with van der Waals surface area (Å²) >= 11 is 1.34. The van der Waals surface area contributed by atoms with Crippen LogP contribution in [0.25, 0.3) is 0 Å². The van der Waals surface area contributed by atoms with E-state index in [0.717, 1.165) is 11.5 Å². The van der Waals surface area contributed by atoms with Crippen LogP contribution in [0, 0.1) is 0 Å². The van der Waals surface area contributed by atoms with Crippen molar-refractivity contribution in [3.8, 4) is 17.2 Å². The molecule has 7 nitrogen and oxygen atoms in total. The fourth-order valence-corrected chi connectivity index (χ4v) is 3.68. The number of nitrogens with zero attached hydrogens (tertiary/aromatic N) is 3. The van der Waals surface area contributed by atoms with E-state index in [1.54, 1.807) is 31.4 Å². The number of thioether (sulfide) groups is 1. The van der Waals surface area contributed by atoms with Crippen molar-refractivity contribution in [2.24, 2.45) is 7.05 Å². The van der Waals surface area contributed by atoms with Gasteiger partial charge in [0, 0.05) is 12.6 Å². The van der Waals surface area contributed by atoms with Gasteiger partial charge in [-0.3, -0.25) is 4.79 Å². The maximum atomic E-state index is 12.4. The number of hydrogen-bond acceptors (Lipinski definition) is 7. The number of ketones is 1. The standard InChI is InChI=1S/C20H19N3O4S/c1-23-19(18-11-26-16-5-3-4-6-17(16)27-18)21-22-20(23)28-12-15(24)13-7-9-14(25-2)10-8-13/h3-10,18H,11-12H2,1-2H3. The van der Waals surface area contributed by atoms with Gasteiger partial charge in [0.15, 0.2) is 34.4 Å². The lowest BCUT2D eigenvalue weighted by Gasteiger charge is -2.25. The Hall–Kier alpha value is -3.00. The zero-order valence-corrected chi connectivity index (χ0v) is 16.3. The molecule has 0 N–H and O–H groups in total. The van der Waals surface area contributed by atoms with Crippen LogP contribution in [0.2, 0.25) is 0 Å². The summed E-state index contributed by atoms with van der Waals surface area (Å²) < 4.78 is 18.7. The fourth-order valence-electron chi connectivity index (χ4n) is 2.87. The van der Waals surface area contributed by atoms with Crippen molar-refractivity contribution in [2.75, 3.05) is 19.5 Å². The molecule has 3 aromatic rings. The normalized spacial score (nSPS) is 15.3. The van der Waals surface area contributed by atoms with Crippen molar-refractivity contribution in [2.45, 2.75) is 11.3 Å². The first-order valence-corrected chi connectivity index (χ1v) is 9.72. The summed E-state index contributed by atoms with van der Waals surface area (Å²) in [5.74, 6) is 3.07. The third kappa shape index (κ3) is 3.68. The molecule has 1 aliphatic heterocycles. The number of benzene rings is 2. The van der Waals surface area contributed by atoms with E-state index >= 15 is 0 Å². The Morgan fingerprint density at radius 1 is 1.18 bits per heavy atom. The highest BCUT2D eigenvalue weighted by molar-refractivity contribution is 7.99. The van der Waals surface area contributed by atoms with Crippen molar-refractivity contribution >= 4 is 17.5 Å². The van der Waals surface area contributed by atoms with E-state index in [0.29, 0.717) is 28.9 Å². The Balaban J connectivity index is 1.42. The highest BCUT2D eigenvalue weighted by Gasteiger charge is 2.27. The summed E-state index contributed by atoms with van der Waals surface area (Å²) in [6.45, 7) is 0.360. The summed E-state index contributed by atoms with van der Waals surface area (Å²) in [6.07, 6.45) is -0.348. The number of fused-ring (bicyclic) bond motifs is 1. The SMILES string of the molecule is COc1ccc(C(=O)CSc2nnc(C3COc4ccccc4O3)n2C)cc1. The first-order chi connectivity index (χ1) is 13.7. The molecule has 0 spiro atoms. The van der Waals surface area contributed by atoms with E-state index in [1.165, 1.54) is 11.8 Å². The third-order valence-corrected chi connectivity index (χ3v) is 5.43. The molecule has 1 aliphatic rings. The number of rotatable bonds is 6. The summed E-state index contributed by atoms with van der Waals surface area (Å²) in [5.41, 5.74) is 0.635. The van der Waals surface area contributed by atoms with Gasteiger partial charge in [-0.2, -0.15) is 0 Å². The maximum Gasteiger partial charge on any atom is 0.192 e. The van der Waals surface area contributed by atoms with Gasteiger partial charge in [-0.05, 0) is 36.4 Å². The molecule has 0 saturated carbocycles. The Kier molecular flexibility index (Phi) is 5.21. The first-order valence-electron chi connectivity index (χ1n) is 8.73. The Morgan fingerprint density at radius 3 is 2.68 bits per heavy atom. The minimum atomic E-state index is -0.348. The van der Waals surface area contributed by atoms with Crippen molar-refractivity contribution in [1.29, 1.82) is 0 Å². The third-order valence-electron chi connectivity index (χ3n) is 4.41. The number of methoxy groups -OCH3 is 1. The number of carbonyl (C=O) groups excluding carboxylic acids is 1. The molecule has 0 aliphatic carbocycles. The molecule has 1 atom stereocenters. The average Bonchev–Trinajstić information content (AvgIpc) is 3.12. The molecule has 0 saturated heterocycles. The van der Waals surface area contributed by atoms with Gasteiger partial charge in [-0.1, -0.05) is 23.9 Å². The van der Waals surface area contributed by atoms with Gasteiger partial charge >= 0.3 is 0 Å². The maximum absolute atomic E-state index is 12.4. The van der Waals surface area contributed by atoms with E-state index < -0.39 is 0 Å². The first kappa shape index (κ1) is 18.4. The predicted octanol–water partition coefficient (Wildman–Crippen LogP) is 3.31. The summed E-state index contributed by atoms with van der Waals surface area (Å²) in [5, 5.41) is 9.11. The van der Waals surface area contributed by atoms with Gasteiger partial charge in [0.05, 0.1) is 12.9 Å². The zero-order valence-electron chi connectivity index (χ0n) is 15.5. The fraction of sp³-hybridized carbons (Fsp3) is 0.250. The number of Topliss-reactive ketones (excluding diaryl/α,β-unsaturated/α-hetero) is 1. The second-order valence-corrected chi connectivity index (χ2v) is 7.15. The van der Waals surface area contributed by atoms with Crippen LogP contribution in [0.4, 0.5) is 0 Å². The number of para-hydroxylation sites is 2. The van der Waals surface area contributed by atoms with Crippen molar-refractivity contribution in [1.82, 2.24) is 14.8 Å². The van der Waals surface area contributed by atoms with Crippen LogP contribution < -0.4 is 14.2 Å². The summed E-state index contributed by atoms with van der Waals surface area (Å²) in [7, 11) is 3.46. The molecule has 28 heavy (non-hydrogen) atoms. The van der Waals surface area contributed by atoms with Gasteiger partial charge in [0.2, 0.25) is 0 Å². The van der Waals surface area contributed by atoms with Crippen LogP contribution >= 0.6 is 11.8 Å². The van der Waals surface area contributed by atoms with Gasteiger partial charge < -0.3 is 18.8 Å². The molecule has 8 heteroatoms. The van der Waals surface area contributed by atoms with E-state index in [9.17, 15) is 4.79 Å². The second kappa shape index (κ2) is 7.93.